The van der Waals surface area contributed by atoms with E-state index < -0.39 is 0 Å². The van der Waals surface area contributed by atoms with Gasteiger partial charge in [0.25, 0.3) is 5.56 Å². The first kappa shape index (κ1) is 22.9. The molecule has 8 heteroatoms. The van der Waals surface area contributed by atoms with Crippen LogP contribution in [-0.2, 0) is 19.6 Å². The number of rotatable bonds is 9. The summed E-state index contributed by atoms with van der Waals surface area (Å²) >= 11 is 1.47. The van der Waals surface area contributed by atoms with E-state index in [-0.39, 0.29) is 11.5 Å². The van der Waals surface area contributed by atoms with Crippen molar-refractivity contribution in [3.63, 3.8) is 0 Å². The third-order valence-electron chi connectivity index (χ3n) is 5.30. The Morgan fingerprint density at radius 1 is 0.939 bits per heavy atom. The predicted molar refractivity (Wildman–Crippen MR) is 130 cm³/mol. The maximum Gasteiger partial charge on any atom is 0.275 e. The van der Waals surface area contributed by atoms with E-state index in [4.69, 9.17) is 14.5 Å². The van der Waals surface area contributed by atoms with E-state index in [9.17, 15) is 4.79 Å². The smallest absolute Gasteiger partial charge is 0.275 e. The second-order valence-electron chi connectivity index (χ2n) is 8.20. The minimum atomic E-state index is -0.149. The lowest BCUT2D eigenvalue weighted by atomic mass is 10.1. The number of aromatic nitrogens is 3. The molecule has 0 amide bonds. The van der Waals surface area contributed by atoms with Gasteiger partial charge in [-0.05, 0) is 23.3 Å². The molecule has 0 unspecified atom stereocenters. The molecule has 0 N–H and O–H groups in total. The Morgan fingerprint density at radius 3 is 2.36 bits per heavy atom. The van der Waals surface area contributed by atoms with Crippen molar-refractivity contribution in [1.29, 1.82) is 0 Å². The Bertz CT molecular complexity index is 1280. The highest BCUT2D eigenvalue weighted by molar-refractivity contribution is 7.16. The van der Waals surface area contributed by atoms with Gasteiger partial charge in [0, 0.05) is 31.6 Å². The van der Waals surface area contributed by atoms with Gasteiger partial charge >= 0.3 is 0 Å². The van der Waals surface area contributed by atoms with Crippen molar-refractivity contribution in [3.05, 3.63) is 86.8 Å². The number of hydrogen-bond donors (Lipinski definition) is 0. The first-order chi connectivity index (χ1) is 16.0. The van der Waals surface area contributed by atoms with Crippen LogP contribution >= 0.6 is 11.3 Å². The average molecular weight is 465 g/mol. The zero-order valence-electron chi connectivity index (χ0n) is 19.3. The number of methoxy groups -OCH3 is 2. The van der Waals surface area contributed by atoms with Crippen molar-refractivity contribution >= 4 is 16.3 Å². The maximum absolute atomic E-state index is 12.7. The summed E-state index contributed by atoms with van der Waals surface area (Å²) in [6.07, 6.45) is 0. The number of fused-ring (bicyclic) bond motifs is 1. The van der Waals surface area contributed by atoms with E-state index in [1.165, 1.54) is 21.4 Å². The third kappa shape index (κ3) is 5.40. The topological polar surface area (TPSA) is 69.0 Å². The summed E-state index contributed by atoms with van der Waals surface area (Å²) in [7, 11) is 3.26. The Kier molecular flexibility index (Phi) is 7.05. The summed E-state index contributed by atoms with van der Waals surface area (Å²) in [5.74, 6) is 1.64. The monoisotopic (exact) mass is 464 g/mol. The molecule has 0 aliphatic rings. The van der Waals surface area contributed by atoms with Crippen LogP contribution in [0.5, 0.6) is 11.5 Å². The van der Waals surface area contributed by atoms with Crippen LogP contribution in [0.25, 0.3) is 4.96 Å². The van der Waals surface area contributed by atoms with Crippen molar-refractivity contribution in [2.24, 2.45) is 0 Å². The Hall–Kier alpha value is -3.23. The fourth-order valence-corrected chi connectivity index (χ4v) is 4.59. The molecule has 0 saturated heterocycles. The minimum Gasteiger partial charge on any atom is -0.493 e. The molecule has 0 bridgehead atoms. The average Bonchev–Trinajstić information content (AvgIpc) is 3.25. The largest absolute Gasteiger partial charge is 0.493 e. The van der Waals surface area contributed by atoms with Gasteiger partial charge in [0.2, 0.25) is 4.96 Å². The molecule has 0 radical (unpaired) electrons. The molecule has 0 aliphatic heterocycles. The molecule has 2 aromatic carbocycles. The highest BCUT2D eigenvalue weighted by Gasteiger charge is 2.15. The zero-order chi connectivity index (χ0) is 23.4. The highest BCUT2D eigenvalue weighted by Crippen LogP contribution is 2.28. The van der Waals surface area contributed by atoms with E-state index in [1.54, 1.807) is 20.3 Å². The zero-order valence-corrected chi connectivity index (χ0v) is 20.1. The van der Waals surface area contributed by atoms with E-state index in [0.29, 0.717) is 29.5 Å². The number of ether oxygens (including phenoxy) is 2. The van der Waals surface area contributed by atoms with Crippen LogP contribution in [0.4, 0.5) is 0 Å². The fraction of sp³-hybridized carbons (Fsp3) is 0.320. The quantitative estimate of drug-likeness (QED) is 0.363. The molecule has 0 spiro atoms. The molecule has 0 saturated carbocycles. The normalized spacial score (nSPS) is 11.5. The molecule has 33 heavy (non-hydrogen) atoms. The summed E-state index contributed by atoms with van der Waals surface area (Å²) in [5.41, 5.74) is 2.86. The molecule has 2 heterocycles. The van der Waals surface area contributed by atoms with E-state index in [0.717, 1.165) is 22.8 Å². The number of nitrogens with zero attached hydrogens (tertiary/aromatic N) is 4. The maximum atomic E-state index is 12.7. The minimum absolute atomic E-state index is 0.149. The van der Waals surface area contributed by atoms with Gasteiger partial charge in [-0.2, -0.15) is 9.61 Å². The van der Waals surface area contributed by atoms with Crippen LogP contribution in [0.3, 0.4) is 0 Å². The van der Waals surface area contributed by atoms with Crippen LogP contribution in [0.2, 0.25) is 0 Å². The summed E-state index contributed by atoms with van der Waals surface area (Å²) in [6, 6.07) is 17.8. The summed E-state index contributed by atoms with van der Waals surface area (Å²) in [4.78, 5) is 20.4. The van der Waals surface area contributed by atoms with Gasteiger partial charge < -0.3 is 9.47 Å². The lowest BCUT2D eigenvalue weighted by Crippen LogP contribution is -2.25. The van der Waals surface area contributed by atoms with E-state index >= 15 is 0 Å². The molecule has 0 fully saturated rings. The Morgan fingerprint density at radius 2 is 1.67 bits per heavy atom. The van der Waals surface area contributed by atoms with Gasteiger partial charge in [-0.3, -0.25) is 9.69 Å². The van der Waals surface area contributed by atoms with E-state index in [1.807, 2.05) is 36.4 Å². The molecule has 7 nitrogen and oxygen atoms in total. The second-order valence-corrected chi connectivity index (χ2v) is 9.18. The van der Waals surface area contributed by atoms with Crippen LogP contribution < -0.4 is 15.0 Å². The van der Waals surface area contributed by atoms with Crippen LogP contribution in [0, 0.1) is 0 Å². The fourth-order valence-electron chi connectivity index (χ4n) is 3.66. The number of benzene rings is 2. The summed E-state index contributed by atoms with van der Waals surface area (Å²) in [6.45, 7) is 6.04. The molecule has 0 atom stereocenters. The standard InChI is InChI=1S/C25H28N4O3S/c1-17(2)24-27-29-23(30)13-20(26-25(29)33-24)16-28(14-18-8-6-5-7-9-18)15-19-10-11-21(31-3)22(12-19)32-4/h5-13,17H,14-16H2,1-4H3. The molecule has 2 aromatic heterocycles. The summed E-state index contributed by atoms with van der Waals surface area (Å²) in [5, 5.41) is 5.33. The Balaban J connectivity index is 1.64. The molecular weight excluding hydrogens is 436 g/mol. The van der Waals surface area contributed by atoms with Crippen molar-refractivity contribution in [1.82, 2.24) is 19.5 Å². The highest BCUT2D eigenvalue weighted by atomic mass is 32.1. The van der Waals surface area contributed by atoms with Crippen molar-refractivity contribution in [2.45, 2.75) is 39.4 Å². The molecule has 0 aliphatic carbocycles. The van der Waals surface area contributed by atoms with Gasteiger partial charge in [-0.25, -0.2) is 4.98 Å². The molecule has 172 valence electrons. The lowest BCUT2D eigenvalue weighted by molar-refractivity contribution is 0.244. The van der Waals surface area contributed by atoms with Gasteiger partial charge in [0.1, 0.15) is 5.01 Å². The van der Waals surface area contributed by atoms with Crippen molar-refractivity contribution < 1.29 is 9.47 Å². The van der Waals surface area contributed by atoms with E-state index in [2.05, 4.69) is 36.0 Å². The van der Waals surface area contributed by atoms with Gasteiger partial charge in [-0.15, -0.1) is 0 Å². The van der Waals surface area contributed by atoms with Crippen LogP contribution in [0.15, 0.2) is 59.4 Å². The first-order valence-electron chi connectivity index (χ1n) is 10.8. The predicted octanol–water partition coefficient (Wildman–Crippen LogP) is 4.49. The van der Waals surface area contributed by atoms with Crippen molar-refractivity contribution in [2.75, 3.05) is 14.2 Å². The lowest BCUT2D eigenvalue weighted by Gasteiger charge is -2.23. The third-order valence-corrected chi connectivity index (χ3v) is 6.51. The van der Waals surface area contributed by atoms with Gasteiger partial charge in [-0.1, -0.05) is 61.6 Å². The molecule has 4 rings (SSSR count). The van der Waals surface area contributed by atoms with Gasteiger partial charge in [0.05, 0.1) is 19.9 Å². The van der Waals surface area contributed by atoms with Gasteiger partial charge in [0.15, 0.2) is 11.5 Å². The van der Waals surface area contributed by atoms with Crippen LogP contribution in [0.1, 0.15) is 41.6 Å². The summed E-state index contributed by atoms with van der Waals surface area (Å²) < 4.78 is 12.2. The van der Waals surface area contributed by atoms with Crippen LogP contribution in [-0.4, -0.2) is 33.7 Å². The SMILES string of the molecule is COc1ccc(CN(Cc2ccccc2)Cc2cc(=O)n3nc(C(C)C)sc3n2)cc1OC. The second kappa shape index (κ2) is 10.1. The number of hydrogen-bond acceptors (Lipinski definition) is 7. The molecule has 4 aromatic rings. The van der Waals surface area contributed by atoms with Crippen molar-refractivity contribution in [3.8, 4) is 11.5 Å². The first-order valence-corrected chi connectivity index (χ1v) is 11.7. The Labute approximate surface area is 197 Å². The molecular formula is C25H28N4O3S.